The highest BCUT2D eigenvalue weighted by Gasteiger charge is 2.42. The number of alkyl halides is 4. The lowest BCUT2D eigenvalue weighted by atomic mass is 10.6. The highest BCUT2D eigenvalue weighted by molar-refractivity contribution is 5.66. The molecule has 0 aliphatic rings. The number of halogens is 4. The van der Waals surface area contributed by atoms with Crippen molar-refractivity contribution in [1.82, 2.24) is 0 Å². The molecule has 0 N–H and O–H groups in total. The molecular formula is C4H4F4O2. The van der Waals surface area contributed by atoms with Crippen molar-refractivity contribution in [2.75, 3.05) is 0 Å². The van der Waals surface area contributed by atoms with Crippen LogP contribution in [0.25, 0.3) is 0 Å². The second kappa shape index (κ2) is 2.85. The molecule has 1 unspecified atom stereocenters. The van der Waals surface area contributed by atoms with Crippen LogP contribution in [0.5, 0.6) is 0 Å². The minimum Gasteiger partial charge on any atom is -0.422 e. The summed E-state index contributed by atoms with van der Waals surface area (Å²) in [6.45, 7) is 0.693. The molecule has 60 valence electrons. The molecular weight excluding hydrogens is 156 g/mol. The van der Waals surface area contributed by atoms with Crippen LogP contribution in [-0.2, 0) is 9.53 Å². The molecule has 0 aliphatic carbocycles. The van der Waals surface area contributed by atoms with Crippen molar-refractivity contribution >= 4 is 5.97 Å². The van der Waals surface area contributed by atoms with E-state index in [1.165, 1.54) is 0 Å². The maximum absolute atomic E-state index is 11.6. The Morgan fingerprint density at radius 1 is 1.50 bits per heavy atom. The summed E-state index contributed by atoms with van der Waals surface area (Å²) in [7, 11) is 0. The van der Waals surface area contributed by atoms with Crippen molar-refractivity contribution in [3.8, 4) is 0 Å². The molecule has 0 saturated heterocycles. The fourth-order valence-electron chi connectivity index (χ4n) is 0.213. The fraction of sp³-hybridized carbons (Fsp3) is 0.750. The number of carbonyl (C=O) groups excluding carboxylic acids is 1. The van der Waals surface area contributed by atoms with Crippen LogP contribution < -0.4 is 0 Å². The van der Waals surface area contributed by atoms with Gasteiger partial charge in [0.05, 0.1) is 0 Å². The maximum Gasteiger partial charge on any atom is 0.457 e. The highest BCUT2D eigenvalue weighted by Crippen LogP contribution is 2.23. The fourth-order valence-corrected chi connectivity index (χ4v) is 0.213. The highest BCUT2D eigenvalue weighted by atomic mass is 19.4. The predicted molar refractivity (Wildman–Crippen MR) is 22.7 cm³/mol. The summed E-state index contributed by atoms with van der Waals surface area (Å²) >= 11 is 0. The predicted octanol–water partition coefficient (Wildman–Crippen LogP) is 1.41. The molecule has 0 aliphatic heterocycles. The molecule has 0 fully saturated rings. The molecule has 0 heterocycles. The van der Waals surface area contributed by atoms with Gasteiger partial charge in [-0.05, 0) is 0 Å². The first-order valence-corrected chi connectivity index (χ1v) is 2.22. The molecule has 6 heteroatoms. The maximum atomic E-state index is 11.6. The van der Waals surface area contributed by atoms with E-state index >= 15 is 0 Å². The molecule has 0 aromatic rings. The topological polar surface area (TPSA) is 26.3 Å². The number of ether oxygens (including phenoxy) is 1. The van der Waals surface area contributed by atoms with E-state index in [0.717, 1.165) is 0 Å². The summed E-state index contributed by atoms with van der Waals surface area (Å²) in [5, 5.41) is 0. The number of esters is 1. The lowest BCUT2D eigenvalue weighted by molar-refractivity contribution is -0.257. The van der Waals surface area contributed by atoms with Crippen LogP contribution in [0.1, 0.15) is 6.92 Å². The second-order valence-corrected chi connectivity index (χ2v) is 1.47. The van der Waals surface area contributed by atoms with Crippen LogP contribution in [0.4, 0.5) is 17.6 Å². The van der Waals surface area contributed by atoms with Crippen LogP contribution >= 0.6 is 0 Å². The van der Waals surface area contributed by atoms with E-state index in [2.05, 4.69) is 4.74 Å². The van der Waals surface area contributed by atoms with Gasteiger partial charge < -0.3 is 4.74 Å². The van der Waals surface area contributed by atoms with Crippen LogP contribution in [0.3, 0.4) is 0 Å². The monoisotopic (exact) mass is 160 g/mol. The normalized spacial score (nSPS) is 14.5. The zero-order valence-corrected chi connectivity index (χ0v) is 4.91. The zero-order chi connectivity index (χ0) is 8.36. The van der Waals surface area contributed by atoms with Gasteiger partial charge in [-0.1, -0.05) is 0 Å². The summed E-state index contributed by atoms with van der Waals surface area (Å²) < 4.78 is 48.2. The van der Waals surface area contributed by atoms with Gasteiger partial charge in [-0.3, -0.25) is 4.79 Å². The van der Waals surface area contributed by atoms with Crippen molar-refractivity contribution in [3.63, 3.8) is 0 Å². The molecule has 0 bridgehead atoms. The minimum atomic E-state index is -5.12. The standard InChI is InChI=1S/C4H4F4O2/c1-2(9)10-3(5)4(6,7)8/h3H,1H3. The van der Waals surface area contributed by atoms with Gasteiger partial charge in [-0.15, -0.1) is 0 Å². The Balaban J connectivity index is 3.85. The summed E-state index contributed by atoms with van der Waals surface area (Å²) in [5.74, 6) is -1.30. The van der Waals surface area contributed by atoms with Crippen LogP contribution in [0.2, 0.25) is 0 Å². The van der Waals surface area contributed by atoms with Crippen LogP contribution in [0, 0.1) is 0 Å². The lowest BCUT2D eigenvalue weighted by Crippen LogP contribution is -2.28. The van der Waals surface area contributed by atoms with E-state index in [-0.39, 0.29) is 0 Å². The number of carbonyl (C=O) groups is 1. The Bertz CT molecular complexity index is 130. The van der Waals surface area contributed by atoms with E-state index in [4.69, 9.17) is 0 Å². The lowest BCUT2D eigenvalue weighted by Gasteiger charge is -2.10. The molecule has 1 atom stereocenters. The Morgan fingerprint density at radius 3 is 2.00 bits per heavy atom. The molecule has 0 radical (unpaired) electrons. The van der Waals surface area contributed by atoms with Crippen molar-refractivity contribution in [2.24, 2.45) is 0 Å². The first-order valence-electron chi connectivity index (χ1n) is 2.22. The molecule has 10 heavy (non-hydrogen) atoms. The van der Waals surface area contributed by atoms with Crippen LogP contribution in [-0.4, -0.2) is 18.5 Å². The van der Waals surface area contributed by atoms with E-state index < -0.39 is 18.5 Å². The van der Waals surface area contributed by atoms with Crippen molar-refractivity contribution in [3.05, 3.63) is 0 Å². The van der Waals surface area contributed by atoms with Crippen molar-refractivity contribution in [2.45, 2.75) is 19.5 Å². The number of hydrogen-bond donors (Lipinski definition) is 0. The van der Waals surface area contributed by atoms with Gasteiger partial charge in [0, 0.05) is 6.92 Å². The zero-order valence-electron chi connectivity index (χ0n) is 4.91. The molecule has 0 rings (SSSR count). The largest absolute Gasteiger partial charge is 0.457 e. The van der Waals surface area contributed by atoms with E-state index in [1.54, 1.807) is 0 Å². The summed E-state index contributed by atoms with van der Waals surface area (Å²) in [6, 6.07) is 0. The van der Waals surface area contributed by atoms with Gasteiger partial charge in [0.2, 0.25) is 0 Å². The Morgan fingerprint density at radius 2 is 1.90 bits per heavy atom. The molecule has 2 nitrogen and oxygen atoms in total. The average molecular weight is 160 g/mol. The molecule has 0 aromatic carbocycles. The van der Waals surface area contributed by atoms with Crippen LogP contribution in [0.15, 0.2) is 0 Å². The third kappa shape index (κ3) is 3.26. The Kier molecular flexibility index (Phi) is 2.62. The summed E-state index contributed by atoms with van der Waals surface area (Å²) in [6.07, 6.45) is -8.63. The third-order valence-corrected chi connectivity index (χ3v) is 0.527. The second-order valence-electron chi connectivity index (χ2n) is 1.47. The van der Waals surface area contributed by atoms with Gasteiger partial charge in [0.25, 0.3) is 0 Å². The van der Waals surface area contributed by atoms with E-state index in [1.807, 2.05) is 0 Å². The van der Waals surface area contributed by atoms with E-state index in [9.17, 15) is 22.4 Å². The Hall–Kier alpha value is -0.810. The minimum absolute atomic E-state index is 0.693. The van der Waals surface area contributed by atoms with Gasteiger partial charge in [-0.25, -0.2) is 0 Å². The first kappa shape index (κ1) is 9.19. The van der Waals surface area contributed by atoms with Gasteiger partial charge >= 0.3 is 18.5 Å². The SMILES string of the molecule is CC(=O)OC(F)C(F)(F)F. The van der Waals surface area contributed by atoms with Crippen molar-refractivity contribution in [1.29, 1.82) is 0 Å². The van der Waals surface area contributed by atoms with Gasteiger partial charge in [0.15, 0.2) is 0 Å². The third-order valence-electron chi connectivity index (χ3n) is 0.527. The summed E-state index contributed by atoms with van der Waals surface area (Å²) in [5.41, 5.74) is 0. The molecule has 0 aromatic heterocycles. The van der Waals surface area contributed by atoms with Gasteiger partial charge in [-0.2, -0.15) is 17.6 Å². The number of hydrogen-bond acceptors (Lipinski definition) is 2. The quantitative estimate of drug-likeness (QED) is 0.428. The van der Waals surface area contributed by atoms with Crippen molar-refractivity contribution < 1.29 is 27.1 Å². The average Bonchev–Trinajstić information content (AvgIpc) is 1.60. The van der Waals surface area contributed by atoms with Gasteiger partial charge in [0.1, 0.15) is 0 Å². The smallest absolute Gasteiger partial charge is 0.422 e. The Labute approximate surface area is 53.8 Å². The summed E-state index contributed by atoms with van der Waals surface area (Å²) in [4.78, 5) is 9.74. The molecule has 0 spiro atoms. The molecule has 0 saturated carbocycles. The number of rotatable bonds is 1. The van der Waals surface area contributed by atoms with E-state index in [0.29, 0.717) is 6.92 Å². The first-order chi connectivity index (χ1) is 4.34. The molecule has 0 amide bonds.